The summed E-state index contributed by atoms with van der Waals surface area (Å²) in [5.74, 6) is -2.09. The summed E-state index contributed by atoms with van der Waals surface area (Å²) in [7, 11) is 1.40. The fourth-order valence-corrected chi connectivity index (χ4v) is 4.80. The Labute approximate surface area is 237 Å². The molecule has 1 N–H and O–H groups in total. The van der Waals surface area contributed by atoms with Crippen molar-refractivity contribution in [3.05, 3.63) is 110 Å². The molecule has 1 atom stereocenters. The molecule has 5 rings (SSSR count). The van der Waals surface area contributed by atoms with Crippen molar-refractivity contribution in [2.24, 2.45) is 7.05 Å². The Hall–Kier alpha value is -5.01. The molecule has 0 bridgehead atoms. The van der Waals surface area contributed by atoms with Crippen molar-refractivity contribution < 1.29 is 30.7 Å². The van der Waals surface area contributed by atoms with Crippen LogP contribution >= 0.6 is 0 Å². The van der Waals surface area contributed by atoms with Crippen molar-refractivity contribution in [1.82, 2.24) is 19.1 Å². The molecule has 0 aliphatic heterocycles. The molecule has 222 valence electrons. The number of rotatable bonds is 6. The summed E-state index contributed by atoms with van der Waals surface area (Å²) in [6.07, 6.45) is -2.39. The van der Waals surface area contributed by atoms with Gasteiger partial charge in [0, 0.05) is 42.8 Å². The maximum absolute atomic E-state index is 14.7. The quantitative estimate of drug-likeness (QED) is 0.219. The number of halogens is 7. The van der Waals surface area contributed by atoms with Crippen LogP contribution in [-0.4, -0.2) is 19.1 Å². The Morgan fingerprint density at radius 3 is 2.21 bits per heavy atom. The highest BCUT2D eigenvalue weighted by molar-refractivity contribution is 5.89. The summed E-state index contributed by atoms with van der Waals surface area (Å²) < 4.78 is 97.4. The number of hydrogen-bond acceptors (Lipinski definition) is 5. The van der Waals surface area contributed by atoms with Crippen LogP contribution < -0.4 is 16.4 Å². The van der Waals surface area contributed by atoms with Crippen molar-refractivity contribution in [3.8, 4) is 22.8 Å². The molecule has 0 amide bonds. The molecule has 5 aromatic rings. The number of aromatic nitrogens is 4. The van der Waals surface area contributed by atoms with Gasteiger partial charge in [0.15, 0.2) is 5.82 Å². The monoisotopic (exact) mass is 603 g/mol. The lowest BCUT2D eigenvalue weighted by atomic mass is 9.98. The van der Waals surface area contributed by atoms with Crippen LogP contribution in [0, 0.1) is 11.6 Å². The van der Waals surface area contributed by atoms with Gasteiger partial charge in [-0.15, -0.1) is 0 Å². The van der Waals surface area contributed by atoms with Crippen LogP contribution in [0.3, 0.4) is 0 Å². The van der Waals surface area contributed by atoms with Gasteiger partial charge in [0.2, 0.25) is 0 Å². The average molecular weight is 603 g/mol. The lowest BCUT2D eigenvalue weighted by Crippen LogP contribution is -2.22. The minimum absolute atomic E-state index is 0.0622. The van der Waals surface area contributed by atoms with Gasteiger partial charge in [0.25, 0.3) is 11.1 Å². The van der Waals surface area contributed by atoms with E-state index in [4.69, 9.17) is 0 Å². The molecule has 0 spiro atoms. The van der Waals surface area contributed by atoms with Gasteiger partial charge in [0.1, 0.15) is 11.6 Å². The molecule has 0 saturated heterocycles. The molecule has 3 heterocycles. The Bertz CT molecular complexity index is 1970. The maximum atomic E-state index is 14.7. The van der Waals surface area contributed by atoms with Crippen molar-refractivity contribution in [2.45, 2.75) is 25.7 Å². The Balaban J connectivity index is 1.61. The summed E-state index contributed by atoms with van der Waals surface area (Å²) >= 11 is 0. The number of nitrogens with one attached hydrogen (secondary N) is 1. The van der Waals surface area contributed by atoms with Crippen LogP contribution in [0.1, 0.15) is 30.6 Å². The summed E-state index contributed by atoms with van der Waals surface area (Å²) in [6, 6.07) is 8.16. The third kappa shape index (κ3) is 5.59. The van der Waals surface area contributed by atoms with Crippen LogP contribution in [0.5, 0.6) is 0 Å². The molecule has 7 nitrogen and oxygen atoms in total. The van der Waals surface area contributed by atoms with E-state index in [0.29, 0.717) is 6.07 Å². The van der Waals surface area contributed by atoms with Gasteiger partial charge < -0.3 is 9.88 Å². The van der Waals surface area contributed by atoms with E-state index in [9.17, 15) is 40.3 Å². The fraction of sp³-hybridized carbons (Fsp3) is 0.172. The van der Waals surface area contributed by atoms with E-state index in [-0.39, 0.29) is 43.7 Å². The molecule has 0 saturated carbocycles. The molecular weight excluding hydrogens is 583 g/mol. The molecule has 2 aromatic carbocycles. The van der Waals surface area contributed by atoms with Crippen molar-refractivity contribution in [2.75, 3.05) is 5.32 Å². The highest BCUT2D eigenvalue weighted by Crippen LogP contribution is 2.38. The van der Waals surface area contributed by atoms with Gasteiger partial charge in [0.05, 0.1) is 22.3 Å². The van der Waals surface area contributed by atoms with Crippen molar-refractivity contribution in [1.29, 1.82) is 0 Å². The van der Waals surface area contributed by atoms with E-state index in [1.807, 2.05) is 0 Å². The van der Waals surface area contributed by atoms with Gasteiger partial charge in [-0.1, -0.05) is 6.07 Å². The number of anilines is 1. The van der Waals surface area contributed by atoms with E-state index < -0.39 is 52.8 Å². The zero-order valence-electron chi connectivity index (χ0n) is 22.3. The highest BCUT2D eigenvalue weighted by Gasteiger charge is 2.34. The lowest BCUT2D eigenvalue weighted by Gasteiger charge is -2.22. The number of pyridine rings is 2. The van der Waals surface area contributed by atoms with Gasteiger partial charge in [-0.3, -0.25) is 9.59 Å². The van der Waals surface area contributed by atoms with Crippen molar-refractivity contribution in [3.63, 3.8) is 0 Å². The minimum atomic E-state index is -4.88. The molecule has 0 fully saturated rings. The zero-order valence-corrected chi connectivity index (χ0v) is 22.3. The molecule has 0 aliphatic rings. The maximum Gasteiger partial charge on any atom is 0.418 e. The first-order valence-electron chi connectivity index (χ1n) is 12.5. The van der Waals surface area contributed by atoms with Gasteiger partial charge >= 0.3 is 12.7 Å². The van der Waals surface area contributed by atoms with Crippen LogP contribution in [0.2, 0.25) is 0 Å². The molecular formula is C29H20F7N5O2. The van der Waals surface area contributed by atoms with Crippen molar-refractivity contribution >= 4 is 16.5 Å². The fourth-order valence-electron chi connectivity index (χ4n) is 4.80. The standard InChI is InChI=1S/C29H20F7N5O2/c1-14(39-22-7-6-16(30)10-21(22)29(34,35)36)18-8-17(31)9-20-19(18)11-24(40(2)27(20)43)15-12-37-26(38-13-15)23-4-3-5-25(42)41(23)28(32)33/h3-14,28,39H,1-2H3/t14-/m1/s1. The smallest absolute Gasteiger partial charge is 0.378 e. The molecule has 0 aliphatic carbocycles. The molecule has 14 heteroatoms. The molecule has 0 unspecified atom stereocenters. The Morgan fingerprint density at radius 1 is 0.860 bits per heavy atom. The number of benzene rings is 2. The van der Waals surface area contributed by atoms with Crippen LogP contribution in [0.25, 0.3) is 33.5 Å². The number of alkyl halides is 5. The van der Waals surface area contributed by atoms with Gasteiger partial charge in [-0.05, 0) is 60.3 Å². The van der Waals surface area contributed by atoms with E-state index in [0.717, 1.165) is 30.3 Å². The normalized spacial score (nSPS) is 12.6. The van der Waals surface area contributed by atoms with Crippen LogP contribution in [-0.2, 0) is 13.2 Å². The Morgan fingerprint density at radius 2 is 1.56 bits per heavy atom. The largest absolute Gasteiger partial charge is 0.418 e. The lowest BCUT2D eigenvalue weighted by molar-refractivity contribution is -0.137. The molecule has 43 heavy (non-hydrogen) atoms. The predicted molar refractivity (Wildman–Crippen MR) is 145 cm³/mol. The average Bonchev–Trinajstić information content (AvgIpc) is 2.95. The number of hydrogen-bond donors (Lipinski definition) is 1. The van der Waals surface area contributed by atoms with E-state index in [1.165, 1.54) is 49.1 Å². The van der Waals surface area contributed by atoms with Crippen LogP contribution in [0.4, 0.5) is 36.4 Å². The minimum Gasteiger partial charge on any atom is -0.378 e. The first-order chi connectivity index (χ1) is 20.3. The first-order valence-corrected chi connectivity index (χ1v) is 12.5. The van der Waals surface area contributed by atoms with E-state index in [1.54, 1.807) is 0 Å². The second kappa shape index (κ2) is 11.0. The topological polar surface area (TPSA) is 81.8 Å². The predicted octanol–water partition coefficient (Wildman–Crippen LogP) is 6.69. The molecule has 3 aromatic heterocycles. The SMILES string of the molecule is C[C@@H](Nc1ccc(F)cc1C(F)(F)F)c1cc(F)cc2c(=O)n(C)c(-c3cnc(-c4cccc(=O)n4C(F)F)nc3)cc12. The summed E-state index contributed by atoms with van der Waals surface area (Å²) in [4.78, 5) is 33.4. The highest BCUT2D eigenvalue weighted by atomic mass is 19.4. The van der Waals surface area contributed by atoms with E-state index in [2.05, 4.69) is 15.3 Å². The zero-order chi connectivity index (χ0) is 31.2. The van der Waals surface area contributed by atoms with Gasteiger partial charge in [-0.2, -0.15) is 22.0 Å². The molecule has 0 radical (unpaired) electrons. The number of nitrogens with zero attached hydrogens (tertiary/aromatic N) is 4. The second-order valence-electron chi connectivity index (χ2n) is 9.60. The second-order valence-corrected chi connectivity index (χ2v) is 9.60. The Kier molecular flexibility index (Phi) is 7.54. The summed E-state index contributed by atoms with van der Waals surface area (Å²) in [5, 5.41) is 2.78. The third-order valence-corrected chi connectivity index (χ3v) is 6.84. The summed E-state index contributed by atoms with van der Waals surface area (Å²) in [5.41, 5.74) is -2.94. The van der Waals surface area contributed by atoms with E-state index >= 15 is 0 Å². The third-order valence-electron chi connectivity index (χ3n) is 6.84. The van der Waals surface area contributed by atoms with Gasteiger partial charge in [-0.25, -0.2) is 23.3 Å². The number of fused-ring (bicyclic) bond motifs is 1. The summed E-state index contributed by atoms with van der Waals surface area (Å²) in [6.45, 7) is -1.69. The van der Waals surface area contributed by atoms with Crippen LogP contribution in [0.15, 0.2) is 76.6 Å². The first kappa shape index (κ1) is 29.5.